The van der Waals surface area contributed by atoms with Crippen molar-refractivity contribution in [2.45, 2.75) is 6.92 Å². The van der Waals surface area contributed by atoms with Crippen LogP contribution < -0.4 is 4.74 Å². The van der Waals surface area contributed by atoms with Crippen LogP contribution in [-0.4, -0.2) is 9.55 Å². The summed E-state index contributed by atoms with van der Waals surface area (Å²) in [5, 5.41) is 0. The maximum Gasteiger partial charge on any atom is 0.145 e. The fourth-order valence-corrected chi connectivity index (χ4v) is 3.48. The van der Waals surface area contributed by atoms with Gasteiger partial charge in [-0.2, -0.15) is 0 Å². The molecular weight excluding hydrogens is 356 g/mol. The summed E-state index contributed by atoms with van der Waals surface area (Å²) in [5.74, 6) is 2.52. The van der Waals surface area contributed by atoms with Gasteiger partial charge in [0.05, 0.1) is 11.0 Å². The summed E-state index contributed by atoms with van der Waals surface area (Å²) in [6.07, 6.45) is 0. The van der Waals surface area contributed by atoms with Gasteiger partial charge in [-0.05, 0) is 43.3 Å². The average molecular weight is 376 g/mol. The Morgan fingerprint density at radius 2 is 1.38 bits per heavy atom. The molecular formula is C26H20N2O. The van der Waals surface area contributed by atoms with Crippen LogP contribution in [0.1, 0.15) is 5.56 Å². The zero-order chi connectivity index (χ0) is 19.6. The summed E-state index contributed by atoms with van der Waals surface area (Å²) < 4.78 is 8.27. The van der Waals surface area contributed by atoms with E-state index in [0.29, 0.717) is 0 Å². The summed E-state index contributed by atoms with van der Waals surface area (Å²) in [5.41, 5.74) is 5.34. The largest absolute Gasteiger partial charge is 0.457 e. The van der Waals surface area contributed by atoms with Crippen molar-refractivity contribution in [3.8, 4) is 28.6 Å². The van der Waals surface area contributed by atoms with Gasteiger partial charge in [-0.25, -0.2) is 4.98 Å². The Labute approximate surface area is 169 Å². The van der Waals surface area contributed by atoms with Crippen LogP contribution in [0.15, 0.2) is 103 Å². The third-order valence-corrected chi connectivity index (χ3v) is 4.93. The lowest BCUT2D eigenvalue weighted by Gasteiger charge is -2.11. The van der Waals surface area contributed by atoms with E-state index < -0.39 is 0 Å². The van der Waals surface area contributed by atoms with Gasteiger partial charge in [-0.3, -0.25) is 4.57 Å². The van der Waals surface area contributed by atoms with E-state index in [1.165, 1.54) is 5.56 Å². The van der Waals surface area contributed by atoms with Crippen molar-refractivity contribution < 1.29 is 4.74 Å². The number of imidazole rings is 1. The maximum absolute atomic E-state index is 6.07. The van der Waals surface area contributed by atoms with Gasteiger partial charge in [0.25, 0.3) is 0 Å². The molecule has 3 nitrogen and oxygen atoms in total. The van der Waals surface area contributed by atoms with E-state index in [4.69, 9.17) is 9.72 Å². The number of rotatable bonds is 4. The standard InChI is InChI=1S/C26H20N2O/c1-19-12-14-21(15-13-19)28-25-18-23(29-22-10-6-3-7-11-22)16-17-24(25)27-26(28)20-8-4-2-5-9-20/h2-18H,1H3. The number of nitrogens with zero attached hydrogens (tertiary/aromatic N) is 2. The molecule has 5 rings (SSSR count). The van der Waals surface area contributed by atoms with Gasteiger partial charge in [-0.1, -0.05) is 66.2 Å². The highest BCUT2D eigenvalue weighted by atomic mass is 16.5. The molecule has 4 aromatic carbocycles. The molecule has 0 bridgehead atoms. The average Bonchev–Trinajstić information content (AvgIpc) is 3.14. The van der Waals surface area contributed by atoms with Crippen LogP contribution in [0.5, 0.6) is 11.5 Å². The topological polar surface area (TPSA) is 27.1 Å². The second kappa shape index (κ2) is 7.28. The Balaban J connectivity index is 1.70. The molecule has 1 heterocycles. The van der Waals surface area contributed by atoms with Crippen molar-refractivity contribution in [1.82, 2.24) is 9.55 Å². The number of fused-ring (bicyclic) bond motifs is 1. The van der Waals surface area contributed by atoms with Gasteiger partial charge in [0.2, 0.25) is 0 Å². The molecule has 0 N–H and O–H groups in total. The smallest absolute Gasteiger partial charge is 0.145 e. The molecule has 0 saturated carbocycles. The minimum atomic E-state index is 0.788. The van der Waals surface area contributed by atoms with Gasteiger partial charge in [0.15, 0.2) is 0 Å². The molecule has 3 heteroatoms. The fraction of sp³-hybridized carbons (Fsp3) is 0.0385. The minimum Gasteiger partial charge on any atom is -0.457 e. The molecule has 0 unspecified atom stereocenters. The first-order valence-electron chi connectivity index (χ1n) is 9.66. The van der Waals surface area contributed by atoms with E-state index in [1.54, 1.807) is 0 Å². The molecule has 140 valence electrons. The highest BCUT2D eigenvalue weighted by Gasteiger charge is 2.15. The van der Waals surface area contributed by atoms with Crippen LogP contribution in [0, 0.1) is 6.92 Å². The molecule has 5 aromatic rings. The number of aryl methyl sites for hydroxylation is 1. The summed E-state index contributed by atoms with van der Waals surface area (Å²) in [6, 6.07) is 34.7. The second-order valence-electron chi connectivity index (χ2n) is 7.04. The second-order valence-corrected chi connectivity index (χ2v) is 7.04. The summed E-state index contributed by atoms with van der Waals surface area (Å²) in [4.78, 5) is 4.94. The lowest BCUT2D eigenvalue weighted by Crippen LogP contribution is -1.97. The molecule has 29 heavy (non-hydrogen) atoms. The molecule has 0 fully saturated rings. The monoisotopic (exact) mass is 376 g/mol. The van der Waals surface area contributed by atoms with Crippen LogP contribution in [0.25, 0.3) is 28.1 Å². The van der Waals surface area contributed by atoms with Crippen molar-refractivity contribution in [3.05, 3.63) is 109 Å². The van der Waals surface area contributed by atoms with E-state index in [9.17, 15) is 0 Å². The van der Waals surface area contributed by atoms with Gasteiger partial charge in [-0.15, -0.1) is 0 Å². The predicted molar refractivity (Wildman–Crippen MR) is 118 cm³/mol. The van der Waals surface area contributed by atoms with Gasteiger partial charge in [0, 0.05) is 17.3 Å². The zero-order valence-corrected chi connectivity index (χ0v) is 16.1. The normalized spacial score (nSPS) is 10.9. The van der Waals surface area contributed by atoms with Gasteiger partial charge in [0.1, 0.15) is 17.3 Å². The molecule has 0 aliphatic rings. The number of aromatic nitrogens is 2. The summed E-state index contributed by atoms with van der Waals surface area (Å²) >= 11 is 0. The highest BCUT2D eigenvalue weighted by molar-refractivity contribution is 5.84. The number of hydrogen-bond donors (Lipinski definition) is 0. The third-order valence-electron chi connectivity index (χ3n) is 4.93. The number of para-hydroxylation sites is 1. The lowest BCUT2D eigenvalue weighted by atomic mass is 10.2. The first-order valence-corrected chi connectivity index (χ1v) is 9.66. The van der Waals surface area contributed by atoms with Crippen LogP contribution in [0.2, 0.25) is 0 Å². The predicted octanol–water partition coefficient (Wildman–Crippen LogP) is 6.79. The van der Waals surface area contributed by atoms with E-state index in [2.05, 4.69) is 54.0 Å². The number of hydrogen-bond acceptors (Lipinski definition) is 2. The van der Waals surface area contributed by atoms with Crippen molar-refractivity contribution in [1.29, 1.82) is 0 Å². The molecule has 0 atom stereocenters. The Bertz CT molecular complexity index is 1260. The SMILES string of the molecule is Cc1ccc(-n2c(-c3ccccc3)nc3ccc(Oc4ccccc4)cc32)cc1. The maximum atomic E-state index is 6.07. The van der Waals surface area contributed by atoms with E-state index in [1.807, 2.05) is 60.7 Å². The molecule has 0 saturated heterocycles. The molecule has 0 amide bonds. The Hall–Kier alpha value is -3.85. The van der Waals surface area contributed by atoms with Gasteiger partial charge < -0.3 is 4.74 Å². The molecule has 1 aromatic heterocycles. The lowest BCUT2D eigenvalue weighted by molar-refractivity contribution is 0.483. The van der Waals surface area contributed by atoms with Gasteiger partial charge >= 0.3 is 0 Å². The Kier molecular flexibility index (Phi) is 4.34. The highest BCUT2D eigenvalue weighted by Crippen LogP contribution is 2.32. The summed E-state index contributed by atoms with van der Waals surface area (Å²) in [6.45, 7) is 2.10. The van der Waals surface area contributed by atoms with Crippen LogP contribution in [0.4, 0.5) is 0 Å². The van der Waals surface area contributed by atoms with Crippen LogP contribution in [0.3, 0.4) is 0 Å². The van der Waals surface area contributed by atoms with Crippen LogP contribution >= 0.6 is 0 Å². The van der Waals surface area contributed by atoms with Crippen molar-refractivity contribution in [3.63, 3.8) is 0 Å². The Morgan fingerprint density at radius 3 is 2.10 bits per heavy atom. The van der Waals surface area contributed by atoms with E-state index in [-0.39, 0.29) is 0 Å². The molecule has 0 aliphatic carbocycles. The van der Waals surface area contributed by atoms with Crippen LogP contribution in [-0.2, 0) is 0 Å². The quantitative estimate of drug-likeness (QED) is 0.345. The molecule has 0 aliphatic heterocycles. The third kappa shape index (κ3) is 3.39. The zero-order valence-electron chi connectivity index (χ0n) is 16.1. The molecule has 0 spiro atoms. The van der Waals surface area contributed by atoms with E-state index >= 15 is 0 Å². The Morgan fingerprint density at radius 1 is 0.690 bits per heavy atom. The van der Waals surface area contributed by atoms with E-state index in [0.717, 1.165) is 39.6 Å². The van der Waals surface area contributed by atoms with Crippen molar-refractivity contribution in [2.75, 3.05) is 0 Å². The molecule has 0 radical (unpaired) electrons. The van der Waals surface area contributed by atoms with Crippen molar-refractivity contribution in [2.24, 2.45) is 0 Å². The summed E-state index contributed by atoms with van der Waals surface area (Å²) in [7, 11) is 0. The first-order chi connectivity index (χ1) is 14.3. The number of ether oxygens (including phenoxy) is 1. The fourth-order valence-electron chi connectivity index (χ4n) is 3.48. The minimum absolute atomic E-state index is 0.788. The number of benzene rings is 4. The first kappa shape index (κ1) is 17.3. The van der Waals surface area contributed by atoms with Crippen molar-refractivity contribution >= 4 is 11.0 Å².